The van der Waals surface area contributed by atoms with Gasteiger partial charge in [-0.2, -0.15) is 0 Å². The first kappa shape index (κ1) is 19.1. The Hall–Kier alpha value is -0.960. The largest absolute Gasteiger partial charge is 0.300 e. The third kappa shape index (κ3) is 5.05. The Morgan fingerprint density at radius 3 is 1.86 bits per heavy atom. The molecule has 0 aliphatic carbocycles. The van der Waals surface area contributed by atoms with Gasteiger partial charge in [0.2, 0.25) is 10.0 Å². The first-order valence-electron chi connectivity index (χ1n) is 7.15. The van der Waals surface area contributed by atoms with E-state index in [2.05, 4.69) is 9.62 Å². The fourth-order valence-electron chi connectivity index (χ4n) is 2.16. The molecule has 1 N–H and O–H groups in total. The predicted octanol–water partition coefficient (Wildman–Crippen LogP) is 1.10. The van der Waals surface area contributed by atoms with Gasteiger partial charge in [-0.05, 0) is 44.3 Å². The molecule has 8 heteroatoms. The molecule has 1 atom stereocenters. The van der Waals surface area contributed by atoms with Gasteiger partial charge in [-0.3, -0.25) is 4.90 Å². The van der Waals surface area contributed by atoms with Crippen LogP contribution < -0.4 is 4.72 Å². The van der Waals surface area contributed by atoms with Crippen LogP contribution in [-0.2, 0) is 19.9 Å². The summed E-state index contributed by atoms with van der Waals surface area (Å²) in [4.78, 5) is 2.31. The first-order valence-corrected chi connectivity index (χ1v) is 10.5. The molecular weight excluding hydrogens is 324 g/mol. The summed E-state index contributed by atoms with van der Waals surface area (Å²) in [6.45, 7) is 8.02. The van der Waals surface area contributed by atoms with E-state index in [-0.39, 0.29) is 15.8 Å². The second-order valence-electron chi connectivity index (χ2n) is 5.17. The van der Waals surface area contributed by atoms with Crippen molar-refractivity contribution in [2.75, 3.05) is 25.9 Å². The van der Waals surface area contributed by atoms with E-state index in [9.17, 15) is 16.8 Å². The lowest BCUT2D eigenvalue weighted by Crippen LogP contribution is -2.41. The highest BCUT2D eigenvalue weighted by atomic mass is 32.2. The lowest BCUT2D eigenvalue weighted by Gasteiger charge is -2.26. The van der Waals surface area contributed by atoms with Crippen molar-refractivity contribution < 1.29 is 16.8 Å². The van der Waals surface area contributed by atoms with Crippen LogP contribution in [0.5, 0.6) is 0 Å². The lowest BCUT2D eigenvalue weighted by molar-refractivity contribution is 0.232. The van der Waals surface area contributed by atoms with Gasteiger partial charge >= 0.3 is 0 Å². The quantitative estimate of drug-likeness (QED) is 0.760. The van der Waals surface area contributed by atoms with E-state index >= 15 is 0 Å². The highest BCUT2D eigenvalue weighted by Gasteiger charge is 2.18. The van der Waals surface area contributed by atoms with Gasteiger partial charge in [-0.1, -0.05) is 13.8 Å². The third-order valence-corrected chi connectivity index (χ3v) is 6.13. The molecule has 1 rings (SSSR count). The first-order chi connectivity index (χ1) is 10.1. The molecule has 1 aromatic carbocycles. The predicted molar refractivity (Wildman–Crippen MR) is 87.1 cm³/mol. The molecule has 0 radical (unpaired) electrons. The van der Waals surface area contributed by atoms with Crippen LogP contribution in [0.1, 0.15) is 20.8 Å². The summed E-state index contributed by atoms with van der Waals surface area (Å²) in [5.74, 6) is 0. The van der Waals surface area contributed by atoms with E-state index in [0.717, 1.165) is 19.3 Å². The molecule has 0 saturated heterocycles. The van der Waals surface area contributed by atoms with Crippen LogP contribution >= 0.6 is 0 Å². The molecule has 0 spiro atoms. The number of nitrogens with zero attached hydrogens (tertiary/aromatic N) is 1. The number of hydrogen-bond acceptors (Lipinski definition) is 5. The Bertz CT molecular complexity index is 678. The van der Waals surface area contributed by atoms with Crippen LogP contribution in [-0.4, -0.2) is 53.7 Å². The van der Waals surface area contributed by atoms with Crippen molar-refractivity contribution in [1.82, 2.24) is 9.62 Å². The number of hydrogen-bond donors (Lipinski definition) is 1. The zero-order valence-corrected chi connectivity index (χ0v) is 15.0. The standard InChI is InChI=1S/C14H24N2O4S2/c1-5-16(6-2)12(3)11-15-22(19,20)14-9-7-13(8-10-14)21(4,17)18/h7-10,12,15H,5-6,11H2,1-4H3. The fourth-order valence-corrected chi connectivity index (χ4v) is 3.91. The average molecular weight is 348 g/mol. The van der Waals surface area contributed by atoms with E-state index in [0.29, 0.717) is 6.54 Å². The SMILES string of the molecule is CCN(CC)C(C)CNS(=O)(=O)c1ccc(S(C)(=O)=O)cc1. The maximum atomic E-state index is 12.2. The van der Waals surface area contributed by atoms with Crippen LogP contribution in [0.15, 0.2) is 34.1 Å². The Morgan fingerprint density at radius 2 is 1.45 bits per heavy atom. The normalized spacial score (nSPS) is 14.2. The molecule has 0 aromatic heterocycles. The molecule has 1 aromatic rings. The van der Waals surface area contributed by atoms with Gasteiger partial charge in [0.15, 0.2) is 9.84 Å². The molecule has 0 aliphatic rings. The molecule has 0 fully saturated rings. The molecule has 0 heterocycles. The molecule has 0 saturated carbocycles. The van der Waals surface area contributed by atoms with Crippen molar-refractivity contribution in [2.45, 2.75) is 36.6 Å². The van der Waals surface area contributed by atoms with E-state index in [1.807, 2.05) is 20.8 Å². The Balaban J connectivity index is 2.83. The van der Waals surface area contributed by atoms with E-state index in [1.54, 1.807) is 0 Å². The van der Waals surface area contributed by atoms with Crippen molar-refractivity contribution >= 4 is 19.9 Å². The number of benzene rings is 1. The number of sulfone groups is 1. The Morgan fingerprint density at radius 1 is 1.00 bits per heavy atom. The van der Waals surface area contributed by atoms with E-state index < -0.39 is 19.9 Å². The lowest BCUT2D eigenvalue weighted by atomic mass is 10.3. The van der Waals surface area contributed by atoms with Gasteiger partial charge in [0, 0.05) is 18.8 Å². The van der Waals surface area contributed by atoms with Gasteiger partial charge in [0.25, 0.3) is 0 Å². The number of nitrogens with one attached hydrogen (secondary N) is 1. The van der Waals surface area contributed by atoms with Gasteiger partial charge in [-0.15, -0.1) is 0 Å². The summed E-state index contributed by atoms with van der Waals surface area (Å²) in [6.07, 6.45) is 1.08. The minimum Gasteiger partial charge on any atom is -0.300 e. The zero-order valence-electron chi connectivity index (χ0n) is 13.4. The van der Waals surface area contributed by atoms with E-state index in [1.165, 1.54) is 24.3 Å². The molecular formula is C14H24N2O4S2. The summed E-state index contributed by atoms with van der Waals surface area (Å²) in [5, 5.41) is 0. The Kier molecular flexibility index (Phi) is 6.54. The Labute approximate surface area is 133 Å². The molecule has 0 amide bonds. The van der Waals surface area contributed by atoms with Crippen LogP contribution in [0.2, 0.25) is 0 Å². The molecule has 1 unspecified atom stereocenters. The highest BCUT2D eigenvalue weighted by Crippen LogP contribution is 2.14. The third-order valence-electron chi connectivity index (χ3n) is 3.57. The van der Waals surface area contributed by atoms with Crippen molar-refractivity contribution in [1.29, 1.82) is 0 Å². The summed E-state index contributed by atoms with van der Waals surface area (Å²) in [5.41, 5.74) is 0. The van der Waals surface area contributed by atoms with Crippen molar-refractivity contribution in [3.05, 3.63) is 24.3 Å². The second-order valence-corrected chi connectivity index (χ2v) is 8.95. The summed E-state index contributed by atoms with van der Waals surface area (Å²) in [7, 11) is -6.97. The topological polar surface area (TPSA) is 83.6 Å². The number of rotatable bonds is 8. The molecule has 0 aliphatic heterocycles. The van der Waals surface area contributed by atoms with E-state index in [4.69, 9.17) is 0 Å². The molecule has 0 bridgehead atoms. The van der Waals surface area contributed by atoms with Crippen LogP contribution in [0.25, 0.3) is 0 Å². The van der Waals surface area contributed by atoms with Crippen LogP contribution in [0.4, 0.5) is 0 Å². The monoisotopic (exact) mass is 348 g/mol. The maximum Gasteiger partial charge on any atom is 0.240 e. The second kappa shape index (κ2) is 7.54. The summed E-state index contributed by atoms with van der Waals surface area (Å²) >= 11 is 0. The van der Waals surface area contributed by atoms with Gasteiger partial charge in [-0.25, -0.2) is 21.6 Å². The average Bonchev–Trinajstić information content (AvgIpc) is 2.46. The van der Waals surface area contributed by atoms with Crippen LogP contribution in [0.3, 0.4) is 0 Å². The summed E-state index contributed by atoms with van der Waals surface area (Å²) < 4.78 is 49.8. The number of likely N-dealkylation sites (N-methyl/N-ethyl adjacent to an activating group) is 1. The van der Waals surface area contributed by atoms with Crippen molar-refractivity contribution in [3.8, 4) is 0 Å². The van der Waals surface area contributed by atoms with Gasteiger partial charge < -0.3 is 0 Å². The van der Waals surface area contributed by atoms with Crippen molar-refractivity contribution in [2.24, 2.45) is 0 Å². The minimum absolute atomic E-state index is 0.0617. The van der Waals surface area contributed by atoms with Gasteiger partial charge in [0.1, 0.15) is 0 Å². The molecule has 6 nitrogen and oxygen atoms in total. The fraction of sp³-hybridized carbons (Fsp3) is 0.571. The van der Waals surface area contributed by atoms with Gasteiger partial charge in [0.05, 0.1) is 9.79 Å². The molecule has 126 valence electrons. The van der Waals surface area contributed by atoms with Crippen LogP contribution in [0, 0.1) is 0 Å². The summed E-state index contributed by atoms with van der Waals surface area (Å²) in [6, 6.07) is 5.30. The maximum absolute atomic E-state index is 12.2. The van der Waals surface area contributed by atoms with Crippen molar-refractivity contribution in [3.63, 3.8) is 0 Å². The minimum atomic E-state index is -3.64. The molecule has 22 heavy (non-hydrogen) atoms. The number of sulfonamides is 1. The highest BCUT2D eigenvalue weighted by molar-refractivity contribution is 7.90. The zero-order chi connectivity index (χ0) is 17.0. The smallest absolute Gasteiger partial charge is 0.240 e.